The van der Waals surface area contributed by atoms with Gasteiger partial charge in [-0.05, 0) is 25.0 Å². The molecule has 0 atom stereocenters. The topological polar surface area (TPSA) is 22.1 Å². The predicted octanol–water partition coefficient (Wildman–Crippen LogP) is 3.16. The minimum Gasteiger partial charge on any atom is -0.488 e. The van der Waals surface area contributed by atoms with E-state index in [1.54, 1.807) is 6.20 Å². The predicted molar refractivity (Wildman–Crippen MR) is 58.6 cm³/mol. The van der Waals surface area contributed by atoms with Crippen molar-refractivity contribution in [1.29, 1.82) is 0 Å². The third-order valence-electron chi connectivity index (χ3n) is 1.93. The fraction of sp³-hybridized carbons (Fsp3) is 0.417. The van der Waals surface area contributed by atoms with Crippen molar-refractivity contribution in [2.75, 3.05) is 6.61 Å². The molecule has 0 unspecified atom stereocenters. The van der Waals surface area contributed by atoms with Crippen LogP contribution in [0.25, 0.3) is 0 Å². The minimum atomic E-state index is 0.472. The summed E-state index contributed by atoms with van der Waals surface area (Å²) in [6.07, 6.45) is 5.71. The largest absolute Gasteiger partial charge is 0.488 e. The Morgan fingerprint density at radius 2 is 2.21 bits per heavy atom. The van der Waals surface area contributed by atoms with Gasteiger partial charge in [0.05, 0.1) is 6.20 Å². The molecule has 0 radical (unpaired) electrons. The molecule has 0 amide bonds. The Balaban J connectivity index is 2.55. The van der Waals surface area contributed by atoms with E-state index in [1.807, 2.05) is 31.2 Å². The summed E-state index contributed by atoms with van der Waals surface area (Å²) in [6, 6.07) is 3.97. The Bertz CT molecular complexity index is 288. The van der Waals surface area contributed by atoms with E-state index >= 15 is 0 Å². The number of ether oxygens (including phenoxy) is 1. The van der Waals surface area contributed by atoms with E-state index in [0.29, 0.717) is 12.5 Å². The molecule has 0 aromatic carbocycles. The monoisotopic (exact) mass is 191 g/mol. The molecule has 0 fully saturated rings. The van der Waals surface area contributed by atoms with Crippen molar-refractivity contribution in [3.8, 4) is 5.75 Å². The van der Waals surface area contributed by atoms with E-state index in [2.05, 4.69) is 18.8 Å². The van der Waals surface area contributed by atoms with Gasteiger partial charge in [0, 0.05) is 5.69 Å². The molecule has 0 bridgehead atoms. The normalized spacial score (nSPS) is 11.1. The van der Waals surface area contributed by atoms with Gasteiger partial charge in [-0.1, -0.05) is 26.0 Å². The molecule has 1 aromatic heterocycles. The van der Waals surface area contributed by atoms with E-state index in [4.69, 9.17) is 4.74 Å². The van der Waals surface area contributed by atoms with E-state index in [-0.39, 0.29) is 0 Å². The molecular formula is C12H17NO. The van der Waals surface area contributed by atoms with Crippen LogP contribution in [0.4, 0.5) is 0 Å². The zero-order chi connectivity index (χ0) is 10.4. The van der Waals surface area contributed by atoms with E-state index in [1.165, 1.54) is 0 Å². The van der Waals surface area contributed by atoms with Crippen molar-refractivity contribution in [2.24, 2.45) is 0 Å². The first-order valence-electron chi connectivity index (χ1n) is 4.94. The molecule has 2 heteroatoms. The maximum absolute atomic E-state index is 5.43. The van der Waals surface area contributed by atoms with Gasteiger partial charge in [0.15, 0.2) is 0 Å². The lowest BCUT2D eigenvalue weighted by atomic mass is 10.1. The summed E-state index contributed by atoms with van der Waals surface area (Å²) >= 11 is 0. The highest BCUT2D eigenvalue weighted by molar-refractivity contribution is 5.21. The molecule has 1 rings (SSSR count). The average molecular weight is 191 g/mol. The number of nitrogens with zero attached hydrogens (tertiary/aromatic N) is 1. The SMILES string of the molecule is C/C=C/COc1ccc(C(C)C)nc1. The van der Waals surface area contributed by atoms with Crippen LogP contribution in [-0.4, -0.2) is 11.6 Å². The van der Waals surface area contributed by atoms with Gasteiger partial charge in [-0.25, -0.2) is 0 Å². The Kier molecular flexibility index (Phi) is 4.17. The molecule has 1 aromatic rings. The molecular weight excluding hydrogens is 174 g/mol. The van der Waals surface area contributed by atoms with Crippen LogP contribution in [0.15, 0.2) is 30.5 Å². The highest BCUT2D eigenvalue weighted by atomic mass is 16.5. The van der Waals surface area contributed by atoms with Crippen LogP contribution in [0, 0.1) is 0 Å². The highest BCUT2D eigenvalue weighted by Gasteiger charge is 1.99. The fourth-order valence-electron chi connectivity index (χ4n) is 1.06. The van der Waals surface area contributed by atoms with Crippen LogP contribution in [0.5, 0.6) is 5.75 Å². The van der Waals surface area contributed by atoms with Crippen LogP contribution in [0.1, 0.15) is 32.4 Å². The van der Waals surface area contributed by atoms with Gasteiger partial charge in [0.2, 0.25) is 0 Å². The maximum Gasteiger partial charge on any atom is 0.138 e. The number of rotatable bonds is 4. The molecule has 76 valence electrons. The third kappa shape index (κ3) is 3.21. The lowest BCUT2D eigenvalue weighted by Crippen LogP contribution is -1.96. The van der Waals surface area contributed by atoms with E-state index in [9.17, 15) is 0 Å². The molecule has 0 N–H and O–H groups in total. The number of hydrogen-bond donors (Lipinski definition) is 0. The summed E-state index contributed by atoms with van der Waals surface area (Å²) in [6.45, 7) is 6.84. The third-order valence-corrected chi connectivity index (χ3v) is 1.93. The summed E-state index contributed by atoms with van der Waals surface area (Å²) in [5.74, 6) is 1.30. The van der Waals surface area contributed by atoms with Crippen molar-refractivity contribution in [3.05, 3.63) is 36.2 Å². The van der Waals surface area contributed by atoms with Gasteiger partial charge in [-0.15, -0.1) is 0 Å². The molecule has 1 heterocycles. The molecule has 0 saturated heterocycles. The first kappa shape index (κ1) is 10.8. The molecule has 0 aliphatic carbocycles. The van der Waals surface area contributed by atoms with Gasteiger partial charge in [-0.2, -0.15) is 0 Å². The zero-order valence-electron chi connectivity index (χ0n) is 9.03. The molecule has 0 aliphatic heterocycles. The van der Waals surface area contributed by atoms with Crippen molar-refractivity contribution in [2.45, 2.75) is 26.7 Å². The quantitative estimate of drug-likeness (QED) is 0.682. The highest BCUT2D eigenvalue weighted by Crippen LogP contribution is 2.15. The van der Waals surface area contributed by atoms with Crippen molar-refractivity contribution in [1.82, 2.24) is 4.98 Å². The van der Waals surface area contributed by atoms with Gasteiger partial charge in [0.25, 0.3) is 0 Å². The summed E-state index contributed by atoms with van der Waals surface area (Å²) in [5, 5.41) is 0. The molecule has 2 nitrogen and oxygen atoms in total. The second kappa shape index (κ2) is 5.43. The van der Waals surface area contributed by atoms with Crippen LogP contribution in [-0.2, 0) is 0 Å². The summed E-state index contributed by atoms with van der Waals surface area (Å²) in [7, 11) is 0. The first-order valence-corrected chi connectivity index (χ1v) is 4.94. The Hall–Kier alpha value is -1.31. The maximum atomic E-state index is 5.43. The lowest BCUT2D eigenvalue weighted by molar-refractivity contribution is 0.361. The second-order valence-electron chi connectivity index (χ2n) is 3.45. The lowest BCUT2D eigenvalue weighted by Gasteiger charge is -2.06. The second-order valence-corrected chi connectivity index (χ2v) is 3.45. The van der Waals surface area contributed by atoms with Crippen LogP contribution < -0.4 is 4.74 Å². The fourth-order valence-corrected chi connectivity index (χ4v) is 1.06. The van der Waals surface area contributed by atoms with Crippen LogP contribution in [0.2, 0.25) is 0 Å². The minimum absolute atomic E-state index is 0.472. The standard InChI is InChI=1S/C12H17NO/c1-4-5-8-14-11-6-7-12(10(2)3)13-9-11/h4-7,9-10H,8H2,1-3H3/b5-4+. The number of pyridine rings is 1. The van der Waals surface area contributed by atoms with E-state index in [0.717, 1.165) is 11.4 Å². The van der Waals surface area contributed by atoms with Crippen LogP contribution >= 0.6 is 0 Å². The average Bonchev–Trinajstić information content (AvgIpc) is 2.19. The van der Waals surface area contributed by atoms with Crippen molar-refractivity contribution < 1.29 is 4.74 Å². The van der Waals surface area contributed by atoms with Gasteiger partial charge in [0.1, 0.15) is 12.4 Å². The van der Waals surface area contributed by atoms with Crippen molar-refractivity contribution in [3.63, 3.8) is 0 Å². The Morgan fingerprint density at radius 1 is 1.43 bits per heavy atom. The summed E-state index contributed by atoms with van der Waals surface area (Å²) in [5.41, 5.74) is 1.10. The molecule has 14 heavy (non-hydrogen) atoms. The Morgan fingerprint density at radius 3 is 2.71 bits per heavy atom. The molecule has 0 saturated carbocycles. The van der Waals surface area contributed by atoms with E-state index < -0.39 is 0 Å². The van der Waals surface area contributed by atoms with Gasteiger partial charge in [-0.3, -0.25) is 4.98 Å². The molecule has 0 spiro atoms. The molecule has 0 aliphatic rings. The zero-order valence-corrected chi connectivity index (χ0v) is 9.03. The Labute approximate surface area is 85.6 Å². The van der Waals surface area contributed by atoms with Crippen molar-refractivity contribution >= 4 is 0 Å². The number of hydrogen-bond acceptors (Lipinski definition) is 2. The van der Waals surface area contributed by atoms with Crippen LogP contribution in [0.3, 0.4) is 0 Å². The number of allylic oxidation sites excluding steroid dienone is 1. The summed E-state index contributed by atoms with van der Waals surface area (Å²) < 4.78 is 5.43. The summed E-state index contributed by atoms with van der Waals surface area (Å²) in [4.78, 5) is 4.31. The van der Waals surface area contributed by atoms with Gasteiger partial charge >= 0.3 is 0 Å². The number of aromatic nitrogens is 1. The van der Waals surface area contributed by atoms with Gasteiger partial charge < -0.3 is 4.74 Å². The smallest absolute Gasteiger partial charge is 0.138 e. The first-order chi connectivity index (χ1) is 6.74.